The third kappa shape index (κ3) is 11.8. The molecule has 0 radical (unpaired) electrons. The fourth-order valence-electron chi connectivity index (χ4n) is 4.56. The standard InChI is InChI=1S/C37H45NO6/c1-5-6-7-8-23-42-35-25-30(12-13-31(35)26-38)37(40)44-33-16-14-29(15-17-33)36(39)43-34-20-18-32(19-21-34)41-24-22-28(4)11-9-10-27(2)3/h12-21,25,27-28H,5-11,22-24H2,1-4H3/t28-/m0/s1. The number of rotatable bonds is 18. The van der Waals surface area contributed by atoms with Crippen molar-refractivity contribution in [1.29, 1.82) is 5.26 Å². The predicted molar refractivity (Wildman–Crippen MR) is 172 cm³/mol. The summed E-state index contributed by atoms with van der Waals surface area (Å²) in [5.74, 6) is 2.02. The van der Waals surface area contributed by atoms with Gasteiger partial charge in [-0.05, 0) is 91.4 Å². The highest BCUT2D eigenvalue weighted by atomic mass is 16.5. The first-order chi connectivity index (χ1) is 21.3. The lowest BCUT2D eigenvalue weighted by atomic mass is 9.98. The van der Waals surface area contributed by atoms with Crippen LogP contribution in [0.4, 0.5) is 0 Å². The van der Waals surface area contributed by atoms with E-state index in [0.29, 0.717) is 41.8 Å². The fraction of sp³-hybridized carbons (Fsp3) is 0.432. The Balaban J connectivity index is 1.47. The van der Waals surface area contributed by atoms with E-state index in [0.717, 1.165) is 43.8 Å². The van der Waals surface area contributed by atoms with Crippen LogP contribution in [0.2, 0.25) is 0 Å². The summed E-state index contributed by atoms with van der Waals surface area (Å²) in [6, 6.07) is 19.8. The van der Waals surface area contributed by atoms with Gasteiger partial charge in [0.05, 0.1) is 29.9 Å². The number of hydrogen-bond donors (Lipinski definition) is 0. The Hall–Kier alpha value is -4.31. The van der Waals surface area contributed by atoms with Crippen LogP contribution in [0.1, 0.15) is 105 Å². The van der Waals surface area contributed by atoms with Gasteiger partial charge >= 0.3 is 11.9 Å². The molecule has 0 saturated heterocycles. The van der Waals surface area contributed by atoms with Crippen molar-refractivity contribution >= 4 is 11.9 Å². The highest BCUT2D eigenvalue weighted by Gasteiger charge is 2.15. The summed E-state index contributed by atoms with van der Waals surface area (Å²) in [5.41, 5.74) is 0.938. The maximum absolute atomic E-state index is 12.8. The number of ether oxygens (including phenoxy) is 4. The highest BCUT2D eigenvalue weighted by Crippen LogP contribution is 2.24. The van der Waals surface area contributed by atoms with Crippen LogP contribution >= 0.6 is 0 Å². The zero-order chi connectivity index (χ0) is 31.7. The first kappa shape index (κ1) is 34.2. The SMILES string of the molecule is CCCCCCOc1cc(C(=O)Oc2ccc(C(=O)Oc3ccc(OCC[C@@H](C)CCCC(C)C)cc3)cc2)ccc1C#N. The van der Waals surface area contributed by atoms with E-state index in [1.807, 2.05) is 0 Å². The molecule has 0 bridgehead atoms. The van der Waals surface area contributed by atoms with Gasteiger partial charge in [0.15, 0.2) is 0 Å². The number of nitriles is 1. The summed E-state index contributed by atoms with van der Waals surface area (Å²) in [5, 5.41) is 9.39. The Bertz CT molecular complexity index is 1360. The normalized spacial score (nSPS) is 11.5. The zero-order valence-electron chi connectivity index (χ0n) is 26.5. The van der Waals surface area contributed by atoms with E-state index in [4.69, 9.17) is 18.9 Å². The van der Waals surface area contributed by atoms with Crippen LogP contribution < -0.4 is 18.9 Å². The number of hydrogen-bond acceptors (Lipinski definition) is 7. The van der Waals surface area contributed by atoms with Crippen LogP contribution in [-0.2, 0) is 0 Å². The molecule has 7 heteroatoms. The second-order valence-electron chi connectivity index (χ2n) is 11.6. The molecule has 0 aliphatic heterocycles. The van der Waals surface area contributed by atoms with Gasteiger partial charge in [0, 0.05) is 0 Å². The fourth-order valence-corrected chi connectivity index (χ4v) is 4.56. The van der Waals surface area contributed by atoms with Crippen LogP contribution in [0.5, 0.6) is 23.0 Å². The molecule has 0 aliphatic carbocycles. The first-order valence-electron chi connectivity index (χ1n) is 15.7. The molecule has 3 aromatic carbocycles. The average Bonchev–Trinajstić information content (AvgIpc) is 3.02. The molecule has 0 unspecified atom stereocenters. The van der Waals surface area contributed by atoms with E-state index in [-0.39, 0.29) is 11.3 Å². The van der Waals surface area contributed by atoms with Crippen LogP contribution in [-0.4, -0.2) is 25.2 Å². The Morgan fingerprint density at radius 2 is 1.30 bits per heavy atom. The Morgan fingerprint density at radius 3 is 1.93 bits per heavy atom. The number of esters is 2. The van der Waals surface area contributed by atoms with Gasteiger partial charge in [0.25, 0.3) is 0 Å². The molecule has 0 amide bonds. The molecular weight excluding hydrogens is 554 g/mol. The van der Waals surface area contributed by atoms with Crippen LogP contribution in [0.3, 0.4) is 0 Å². The monoisotopic (exact) mass is 599 g/mol. The molecule has 0 fully saturated rings. The van der Waals surface area contributed by atoms with Crippen molar-refractivity contribution in [3.8, 4) is 29.1 Å². The number of carbonyl (C=O) groups is 2. The van der Waals surface area contributed by atoms with E-state index in [1.54, 1.807) is 30.3 Å². The molecule has 0 aromatic heterocycles. The lowest BCUT2D eigenvalue weighted by molar-refractivity contribution is 0.0730. The van der Waals surface area contributed by atoms with Gasteiger partial charge in [-0.15, -0.1) is 0 Å². The first-order valence-corrected chi connectivity index (χ1v) is 15.7. The summed E-state index contributed by atoms with van der Waals surface area (Å²) in [6.45, 7) is 10.0. The van der Waals surface area contributed by atoms with E-state index in [1.165, 1.54) is 55.7 Å². The molecule has 1 atom stereocenters. The number of carbonyl (C=O) groups excluding carboxylic acids is 2. The van der Waals surface area contributed by atoms with Gasteiger partial charge in [-0.2, -0.15) is 5.26 Å². The van der Waals surface area contributed by atoms with Gasteiger partial charge in [0.2, 0.25) is 0 Å². The summed E-state index contributed by atoms with van der Waals surface area (Å²) in [4.78, 5) is 25.4. The molecule has 0 spiro atoms. The number of benzene rings is 3. The number of nitrogens with zero attached hydrogens (tertiary/aromatic N) is 1. The second-order valence-corrected chi connectivity index (χ2v) is 11.6. The zero-order valence-corrected chi connectivity index (χ0v) is 26.5. The molecule has 3 aromatic rings. The van der Waals surface area contributed by atoms with E-state index in [9.17, 15) is 14.9 Å². The summed E-state index contributed by atoms with van der Waals surface area (Å²) < 4.78 is 22.6. The van der Waals surface area contributed by atoms with Gasteiger partial charge in [0.1, 0.15) is 29.1 Å². The lowest BCUT2D eigenvalue weighted by Gasteiger charge is -2.13. The molecule has 0 N–H and O–H groups in total. The molecule has 0 aliphatic rings. The van der Waals surface area contributed by atoms with Crippen molar-refractivity contribution in [3.05, 3.63) is 83.4 Å². The average molecular weight is 600 g/mol. The minimum atomic E-state index is -0.594. The predicted octanol–water partition coefficient (Wildman–Crippen LogP) is 9.19. The van der Waals surface area contributed by atoms with Gasteiger partial charge in [-0.1, -0.05) is 66.2 Å². The molecule has 234 valence electrons. The third-order valence-electron chi connectivity index (χ3n) is 7.29. The van der Waals surface area contributed by atoms with Gasteiger partial charge in [-0.3, -0.25) is 0 Å². The van der Waals surface area contributed by atoms with Gasteiger partial charge < -0.3 is 18.9 Å². The third-order valence-corrected chi connectivity index (χ3v) is 7.29. The van der Waals surface area contributed by atoms with Crippen molar-refractivity contribution in [1.82, 2.24) is 0 Å². The second kappa shape index (κ2) is 18.4. The van der Waals surface area contributed by atoms with Crippen LogP contribution in [0.15, 0.2) is 66.7 Å². The smallest absolute Gasteiger partial charge is 0.343 e. The quantitative estimate of drug-likeness (QED) is 0.0817. The van der Waals surface area contributed by atoms with Crippen molar-refractivity contribution in [3.63, 3.8) is 0 Å². The molecule has 44 heavy (non-hydrogen) atoms. The summed E-state index contributed by atoms with van der Waals surface area (Å²) in [7, 11) is 0. The number of unbranched alkanes of at least 4 members (excludes halogenated alkanes) is 3. The van der Waals surface area contributed by atoms with E-state index >= 15 is 0 Å². The highest BCUT2D eigenvalue weighted by molar-refractivity contribution is 5.93. The topological polar surface area (TPSA) is 94.8 Å². The molecular formula is C37H45NO6. The molecule has 0 saturated carbocycles. The summed E-state index contributed by atoms with van der Waals surface area (Å²) >= 11 is 0. The summed E-state index contributed by atoms with van der Waals surface area (Å²) in [6.07, 6.45) is 8.90. The van der Waals surface area contributed by atoms with Crippen molar-refractivity contribution in [2.24, 2.45) is 11.8 Å². The van der Waals surface area contributed by atoms with Crippen molar-refractivity contribution in [2.75, 3.05) is 13.2 Å². The lowest BCUT2D eigenvalue weighted by Crippen LogP contribution is -2.11. The maximum atomic E-state index is 12.8. The maximum Gasteiger partial charge on any atom is 0.343 e. The van der Waals surface area contributed by atoms with Crippen LogP contribution in [0.25, 0.3) is 0 Å². The minimum Gasteiger partial charge on any atom is -0.494 e. The molecule has 3 rings (SSSR count). The van der Waals surface area contributed by atoms with E-state index < -0.39 is 11.9 Å². The Kier molecular flexibility index (Phi) is 14.3. The van der Waals surface area contributed by atoms with E-state index in [2.05, 4.69) is 33.8 Å². The largest absolute Gasteiger partial charge is 0.494 e. The van der Waals surface area contributed by atoms with Crippen LogP contribution in [0, 0.1) is 23.2 Å². The van der Waals surface area contributed by atoms with Crippen molar-refractivity contribution in [2.45, 2.75) is 79.1 Å². The van der Waals surface area contributed by atoms with Gasteiger partial charge in [-0.25, -0.2) is 9.59 Å². The Labute approximate surface area is 262 Å². The van der Waals surface area contributed by atoms with Crippen molar-refractivity contribution < 1.29 is 28.5 Å². The Morgan fingerprint density at radius 1 is 0.682 bits per heavy atom. The molecule has 0 heterocycles. The molecule has 7 nitrogen and oxygen atoms in total. The minimum absolute atomic E-state index is 0.264.